The van der Waals surface area contributed by atoms with Gasteiger partial charge >= 0.3 is 6.03 Å². The number of thioether (sulfide) groups is 1. The molecule has 0 radical (unpaired) electrons. The minimum atomic E-state index is -0.120. The van der Waals surface area contributed by atoms with E-state index in [2.05, 4.69) is 36.2 Å². The van der Waals surface area contributed by atoms with Gasteiger partial charge in [-0.3, -0.25) is 0 Å². The lowest BCUT2D eigenvalue weighted by Crippen LogP contribution is -2.42. The Morgan fingerprint density at radius 3 is 2.03 bits per heavy atom. The third-order valence-corrected chi connectivity index (χ3v) is 5.67. The molecule has 0 spiro atoms. The molecule has 0 fully saturated rings. The van der Waals surface area contributed by atoms with Crippen molar-refractivity contribution in [3.63, 3.8) is 0 Å². The standard InChI is InChI=1S/C25H26N2OS/c1-2-24(20-29-19-22-14-8-4-9-15-22)27(18-21-12-6-3-7-13-21)25(28)26-23-16-10-5-11-17-23/h2-17,24H,1,18-20H2,(H,26,28). The second-order valence-corrected chi connectivity index (χ2v) is 7.74. The summed E-state index contributed by atoms with van der Waals surface area (Å²) in [6.45, 7) is 4.53. The molecule has 2 amide bonds. The van der Waals surface area contributed by atoms with E-state index in [0.717, 1.165) is 22.8 Å². The minimum Gasteiger partial charge on any atom is -0.313 e. The van der Waals surface area contributed by atoms with Crippen LogP contribution in [0.3, 0.4) is 0 Å². The van der Waals surface area contributed by atoms with Crippen LogP contribution in [0.5, 0.6) is 0 Å². The molecule has 0 saturated heterocycles. The van der Waals surface area contributed by atoms with Crippen LogP contribution in [-0.4, -0.2) is 22.7 Å². The van der Waals surface area contributed by atoms with E-state index in [1.165, 1.54) is 5.56 Å². The summed E-state index contributed by atoms with van der Waals surface area (Å²) in [4.78, 5) is 15.0. The number of nitrogens with zero attached hydrogens (tertiary/aromatic N) is 1. The molecule has 0 aliphatic carbocycles. The second-order valence-electron chi connectivity index (χ2n) is 6.71. The maximum Gasteiger partial charge on any atom is 0.322 e. The van der Waals surface area contributed by atoms with E-state index >= 15 is 0 Å². The average Bonchev–Trinajstić information content (AvgIpc) is 2.77. The van der Waals surface area contributed by atoms with Crippen molar-refractivity contribution in [3.8, 4) is 0 Å². The Hall–Kier alpha value is -2.98. The average molecular weight is 403 g/mol. The normalized spacial score (nSPS) is 11.4. The molecule has 3 aromatic carbocycles. The molecule has 1 N–H and O–H groups in total. The molecule has 1 unspecified atom stereocenters. The van der Waals surface area contributed by atoms with Crippen LogP contribution in [0.15, 0.2) is 104 Å². The van der Waals surface area contributed by atoms with Gasteiger partial charge in [-0.1, -0.05) is 84.9 Å². The molecule has 3 aromatic rings. The number of benzene rings is 3. The quantitative estimate of drug-likeness (QED) is 0.432. The fourth-order valence-corrected chi connectivity index (χ4v) is 4.10. The molecule has 4 heteroatoms. The zero-order valence-corrected chi connectivity index (χ0v) is 17.2. The van der Waals surface area contributed by atoms with Crippen LogP contribution in [0.25, 0.3) is 0 Å². The van der Waals surface area contributed by atoms with E-state index < -0.39 is 0 Å². The number of carbonyl (C=O) groups excluding carboxylic acids is 1. The Balaban J connectivity index is 1.70. The first-order valence-corrected chi connectivity index (χ1v) is 10.8. The van der Waals surface area contributed by atoms with Crippen LogP contribution < -0.4 is 5.32 Å². The van der Waals surface area contributed by atoms with E-state index in [-0.39, 0.29) is 12.1 Å². The SMILES string of the molecule is C=CC(CSCc1ccccc1)N(Cc1ccccc1)C(=O)Nc1ccccc1. The van der Waals surface area contributed by atoms with E-state index in [9.17, 15) is 4.79 Å². The third-order valence-electron chi connectivity index (χ3n) is 4.55. The van der Waals surface area contributed by atoms with Crippen LogP contribution in [0.4, 0.5) is 10.5 Å². The lowest BCUT2D eigenvalue weighted by Gasteiger charge is -2.30. The Labute approximate surface area is 177 Å². The van der Waals surface area contributed by atoms with Crippen LogP contribution >= 0.6 is 11.8 Å². The molecular formula is C25H26N2OS. The summed E-state index contributed by atoms with van der Waals surface area (Å²) in [6, 6.07) is 29.8. The smallest absolute Gasteiger partial charge is 0.313 e. The molecule has 0 bridgehead atoms. The van der Waals surface area contributed by atoms with Gasteiger partial charge in [0.05, 0.1) is 6.04 Å². The predicted molar refractivity (Wildman–Crippen MR) is 124 cm³/mol. The summed E-state index contributed by atoms with van der Waals surface area (Å²) < 4.78 is 0. The van der Waals surface area contributed by atoms with Crippen molar-refractivity contribution >= 4 is 23.5 Å². The van der Waals surface area contributed by atoms with E-state index in [1.54, 1.807) is 0 Å². The first-order chi connectivity index (χ1) is 14.3. The summed E-state index contributed by atoms with van der Waals surface area (Å²) in [5.74, 6) is 1.69. The predicted octanol–water partition coefficient (Wildman–Crippen LogP) is 6.21. The number of rotatable bonds is 9. The maximum atomic E-state index is 13.1. The van der Waals surface area contributed by atoms with Gasteiger partial charge in [-0.25, -0.2) is 4.79 Å². The van der Waals surface area contributed by atoms with Gasteiger partial charge < -0.3 is 10.2 Å². The van der Waals surface area contributed by atoms with Gasteiger partial charge in [0, 0.05) is 23.7 Å². The summed E-state index contributed by atoms with van der Waals surface area (Å²) in [5.41, 5.74) is 3.16. The summed E-state index contributed by atoms with van der Waals surface area (Å²) in [6.07, 6.45) is 1.87. The molecule has 0 aliphatic heterocycles. The molecule has 148 valence electrons. The van der Waals surface area contributed by atoms with Crippen LogP contribution in [0.2, 0.25) is 0 Å². The number of hydrogen-bond acceptors (Lipinski definition) is 2. The zero-order chi connectivity index (χ0) is 20.3. The highest BCUT2D eigenvalue weighted by Crippen LogP contribution is 2.19. The van der Waals surface area contributed by atoms with Crippen molar-refractivity contribution in [2.45, 2.75) is 18.3 Å². The molecular weight excluding hydrogens is 376 g/mol. The van der Waals surface area contributed by atoms with Gasteiger partial charge in [0.25, 0.3) is 0 Å². The topological polar surface area (TPSA) is 32.3 Å². The van der Waals surface area contributed by atoms with Crippen LogP contribution in [0.1, 0.15) is 11.1 Å². The summed E-state index contributed by atoms with van der Waals surface area (Å²) in [7, 11) is 0. The summed E-state index contributed by atoms with van der Waals surface area (Å²) >= 11 is 1.81. The molecule has 0 saturated carbocycles. The largest absolute Gasteiger partial charge is 0.322 e. The number of urea groups is 1. The number of para-hydroxylation sites is 1. The minimum absolute atomic E-state index is 0.0763. The van der Waals surface area contributed by atoms with Gasteiger partial charge in [-0.05, 0) is 23.3 Å². The highest BCUT2D eigenvalue weighted by molar-refractivity contribution is 7.98. The molecule has 0 aliphatic rings. The number of carbonyl (C=O) groups is 1. The van der Waals surface area contributed by atoms with Gasteiger partial charge in [0.1, 0.15) is 0 Å². The summed E-state index contributed by atoms with van der Waals surface area (Å²) in [5, 5.41) is 3.02. The lowest BCUT2D eigenvalue weighted by molar-refractivity contribution is 0.201. The lowest BCUT2D eigenvalue weighted by atomic mass is 10.2. The van der Waals surface area contributed by atoms with Gasteiger partial charge in [0.15, 0.2) is 0 Å². The Bertz CT molecular complexity index is 884. The molecule has 3 nitrogen and oxygen atoms in total. The number of nitrogens with one attached hydrogen (secondary N) is 1. The fraction of sp³-hybridized carbons (Fsp3) is 0.160. The first kappa shape index (κ1) is 20.7. The Morgan fingerprint density at radius 2 is 1.45 bits per heavy atom. The van der Waals surface area contributed by atoms with Crippen molar-refractivity contribution < 1.29 is 4.79 Å². The van der Waals surface area contributed by atoms with Gasteiger partial charge in [-0.15, -0.1) is 6.58 Å². The Kier molecular flexibility index (Phi) is 7.96. The molecule has 29 heavy (non-hydrogen) atoms. The van der Waals surface area contributed by atoms with Crippen molar-refractivity contribution in [1.82, 2.24) is 4.90 Å². The zero-order valence-electron chi connectivity index (χ0n) is 16.4. The monoisotopic (exact) mass is 402 g/mol. The molecule has 3 rings (SSSR count). The van der Waals surface area contributed by atoms with E-state index in [4.69, 9.17) is 0 Å². The number of hydrogen-bond donors (Lipinski definition) is 1. The van der Waals surface area contributed by atoms with Crippen molar-refractivity contribution in [2.24, 2.45) is 0 Å². The maximum absolute atomic E-state index is 13.1. The van der Waals surface area contributed by atoms with Crippen molar-refractivity contribution in [2.75, 3.05) is 11.1 Å². The van der Waals surface area contributed by atoms with Crippen LogP contribution in [0, 0.1) is 0 Å². The van der Waals surface area contributed by atoms with Gasteiger partial charge in [-0.2, -0.15) is 11.8 Å². The first-order valence-electron chi connectivity index (χ1n) is 9.67. The van der Waals surface area contributed by atoms with Crippen molar-refractivity contribution in [1.29, 1.82) is 0 Å². The number of anilines is 1. The number of amides is 2. The fourth-order valence-electron chi connectivity index (χ4n) is 2.99. The Morgan fingerprint density at radius 1 is 0.897 bits per heavy atom. The van der Waals surface area contributed by atoms with Crippen LogP contribution in [-0.2, 0) is 12.3 Å². The second kappa shape index (κ2) is 11.1. The molecule has 0 aromatic heterocycles. The third kappa shape index (κ3) is 6.54. The van der Waals surface area contributed by atoms with Crippen molar-refractivity contribution in [3.05, 3.63) is 115 Å². The van der Waals surface area contributed by atoms with E-state index in [0.29, 0.717) is 6.54 Å². The molecule has 1 atom stereocenters. The highest BCUT2D eigenvalue weighted by atomic mass is 32.2. The van der Waals surface area contributed by atoms with E-state index in [1.807, 2.05) is 89.5 Å². The highest BCUT2D eigenvalue weighted by Gasteiger charge is 2.22. The molecule has 0 heterocycles. The van der Waals surface area contributed by atoms with Gasteiger partial charge in [0.2, 0.25) is 0 Å².